The van der Waals surface area contributed by atoms with E-state index in [4.69, 9.17) is 4.74 Å². The molecule has 1 atom stereocenters. The molecule has 1 heterocycles. The van der Waals surface area contributed by atoms with Gasteiger partial charge in [0.1, 0.15) is 0 Å². The first-order chi connectivity index (χ1) is 8.83. The third-order valence-electron chi connectivity index (χ3n) is 3.48. The van der Waals surface area contributed by atoms with Crippen molar-refractivity contribution in [2.45, 2.75) is 65.5 Å². The van der Waals surface area contributed by atoms with E-state index in [1.165, 1.54) is 5.69 Å². The Bertz CT molecular complexity index is 396. The molecule has 1 aromatic rings. The lowest BCUT2D eigenvalue weighted by molar-refractivity contribution is 0.333. The quantitative estimate of drug-likeness (QED) is 0.825. The second-order valence-corrected chi connectivity index (χ2v) is 6.15. The fourth-order valence-electron chi connectivity index (χ4n) is 2.81. The van der Waals surface area contributed by atoms with Crippen LogP contribution in [0.4, 0.5) is 0 Å². The maximum Gasteiger partial charge on any atom is 0.160 e. The van der Waals surface area contributed by atoms with Crippen LogP contribution in [0.25, 0.3) is 0 Å². The molecule has 0 aromatic carbocycles. The molecule has 1 N–H and O–H groups in total. The second-order valence-electron chi connectivity index (χ2n) is 6.15. The summed E-state index contributed by atoms with van der Waals surface area (Å²) in [6.45, 7) is 14.2. The number of hydrogen-bond acceptors (Lipinski definition) is 3. The third-order valence-corrected chi connectivity index (χ3v) is 3.48. The molecule has 19 heavy (non-hydrogen) atoms. The van der Waals surface area contributed by atoms with E-state index in [-0.39, 0.29) is 5.41 Å². The van der Waals surface area contributed by atoms with E-state index in [1.807, 2.05) is 6.20 Å². The summed E-state index contributed by atoms with van der Waals surface area (Å²) in [4.78, 5) is 0. The van der Waals surface area contributed by atoms with Gasteiger partial charge in [-0.3, -0.25) is 4.68 Å². The molecule has 4 heteroatoms. The Morgan fingerprint density at radius 2 is 2.00 bits per heavy atom. The predicted molar refractivity (Wildman–Crippen MR) is 79.9 cm³/mol. The van der Waals surface area contributed by atoms with E-state index >= 15 is 0 Å². The van der Waals surface area contributed by atoms with Crippen molar-refractivity contribution in [1.29, 1.82) is 0 Å². The summed E-state index contributed by atoms with van der Waals surface area (Å²) in [5.74, 6) is 0.891. The third kappa shape index (κ3) is 3.72. The predicted octanol–water partition coefficient (Wildman–Crippen LogP) is 3.14. The van der Waals surface area contributed by atoms with E-state index < -0.39 is 0 Å². The zero-order chi connectivity index (χ0) is 14.6. The van der Waals surface area contributed by atoms with Crippen molar-refractivity contribution in [3.63, 3.8) is 0 Å². The largest absolute Gasteiger partial charge is 0.493 e. The molecule has 0 amide bonds. The summed E-state index contributed by atoms with van der Waals surface area (Å²) in [6, 6.07) is 0.813. The molecule has 0 radical (unpaired) electrons. The molecular formula is C15H29N3O. The van der Waals surface area contributed by atoms with E-state index in [2.05, 4.69) is 56.6 Å². The second kappa shape index (κ2) is 6.42. The first kappa shape index (κ1) is 16.0. The zero-order valence-corrected chi connectivity index (χ0v) is 13.4. The summed E-state index contributed by atoms with van der Waals surface area (Å²) in [5.41, 5.74) is 1.21. The topological polar surface area (TPSA) is 39.1 Å². The zero-order valence-electron chi connectivity index (χ0n) is 13.4. The van der Waals surface area contributed by atoms with Crippen LogP contribution >= 0.6 is 0 Å². The Labute approximate surface area is 117 Å². The van der Waals surface area contributed by atoms with E-state index in [0.717, 1.165) is 18.7 Å². The van der Waals surface area contributed by atoms with Crippen molar-refractivity contribution in [2.24, 2.45) is 0 Å². The molecule has 4 nitrogen and oxygen atoms in total. The van der Waals surface area contributed by atoms with Crippen LogP contribution in [0.3, 0.4) is 0 Å². The van der Waals surface area contributed by atoms with Crippen molar-refractivity contribution in [3.8, 4) is 5.75 Å². The molecule has 1 aromatic heterocycles. The highest BCUT2D eigenvalue weighted by atomic mass is 16.5. The Kier molecular flexibility index (Phi) is 5.41. The summed E-state index contributed by atoms with van der Waals surface area (Å²) in [7, 11) is 1.72. The van der Waals surface area contributed by atoms with Crippen LogP contribution in [-0.4, -0.2) is 29.5 Å². The molecule has 0 aliphatic heterocycles. The highest BCUT2D eigenvalue weighted by molar-refractivity contribution is 5.32. The first-order valence-electron chi connectivity index (χ1n) is 7.18. The molecule has 0 bridgehead atoms. The lowest BCUT2D eigenvalue weighted by Crippen LogP contribution is -2.34. The summed E-state index contributed by atoms with van der Waals surface area (Å²) in [6.07, 6.45) is 2.88. The normalized spacial score (nSPS) is 13.9. The number of nitrogens with one attached hydrogen (secondary N) is 1. The van der Waals surface area contributed by atoms with Crippen molar-refractivity contribution < 1.29 is 4.74 Å². The fourth-order valence-corrected chi connectivity index (χ4v) is 2.81. The van der Waals surface area contributed by atoms with Gasteiger partial charge >= 0.3 is 0 Å². The molecule has 1 unspecified atom stereocenters. The van der Waals surface area contributed by atoms with Crippen LogP contribution < -0.4 is 10.1 Å². The molecule has 110 valence electrons. The van der Waals surface area contributed by atoms with E-state index in [9.17, 15) is 0 Å². The molecule has 0 fully saturated rings. The van der Waals surface area contributed by atoms with Gasteiger partial charge in [0.05, 0.1) is 19.0 Å². The van der Waals surface area contributed by atoms with Crippen molar-refractivity contribution in [3.05, 3.63) is 11.9 Å². The standard InChI is InChI=1S/C15H29N3O/c1-8-16-12(4)9-15(5,6)14-13(19-7)10-17-18(14)11(2)3/h10-12,16H,8-9H2,1-7H3. The highest BCUT2D eigenvalue weighted by Gasteiger charge is 2.31. The number of methoxy groups -OCH3 is 1. The number of nitrogens with zero attached hydrogens (tertiary/aromatic N) is 2. The van der Waals surface area contributed by atoms with Gasteiger partial charge in [0.25, 0.3) is 0 Å². The molecule has 0 aliphatic carbocycles. The number of rotatable bonds is 7. The SMILES string of the molecule is CCNC(C)CC(C)(C)c1c(OC)cnn1C(C)C. The Hall–Kier alpha value is -1.03. The molecule has 0 aliphatic rings. The smallest absolute Gasteiger partial charge is 0.160 e. The fraction of sp³-hybridized carbons (Fsp3) is 0.800. The van der Waals surface area contributed by atoms with Crippen LogP contribution in [-0.2, 0) is 5.41 Å². The maximum atomic E-state index is 5.50. The van der Waals surface area contributed by atoms with Crippen LogP contribution in [0.15, 0.2) is 6.20 Å². The van der Waals surface area contributed by atoms with Gasteiger partial charge < -0.3 is 10.1 Å². The van der Waals surface area contributed by atoms with Crippen molar-refractivity contribution in [1.82, 2.24) is 15.1 Å². The molecule has 0 spiro atoms. The summed E-state index contributed by atoms with van der Waals surface area (Å²) < 4.78 is 7.58. The van der Waals surface area contributed by atoms with Gasteiger partial charge in [-0.15, -0.1) is 0 Å². The van der Waals surface area contributed by atoms with Gasteiger partial charge in [0, 0.05) is 17.5 Å². The van der Waals surface area contributed by atoms with Crippen LogP contribution in [0.1, 0.15) is 59.7 Å². The van der Waals surface area contributed by atoms with Gasteiger partial charge in [-0.25, -0.2) is 0 Å². The van der Waals surface area contributed by atoms with Gasteiger partial charge in [0.2, 0.25) is 0 Å². The molecule has 1 rings (SSSR count). The van der Waals surface area contributed by atoms with Gasteiger partial charge in [-0.1, -0.05) is 20.8 Å². The molecule has 0 saturated heterocycles. The number of hydrogen-bond donors (Lipinski definition) is 1. The first-order valence-corrected chi connectivity index (χ1v) is 7.18. The number of aromatic nitrogens is 2. The molecular weight excluding hydrogens is 238 g/mol. The van der Waals surface area contributed by atoms with E-state index in [0.29, 0.717) is 12.1 Å². The lowest BCUT2D eigenvalue weighted by atomic mass is 9.82. The molecule has 0 saturated carbocycles. The average molecular weight is 267 g/mol. The average Bonchev–Trinajstić information content (AvgIpc) is 2.72. The summed E-state index contributed by atoms with van der Waals surface area (Å²) >= 11 is 0. The summed E-state index contributed by atoms with van der Waals surface area (Å²) in [5, 5.41) is 7.96. The van der Waals surface area contributed by atoms with Gasteiger partial charge in [-0.2, -0.15) is 5.10 Å². The van der Waals surface area contributed by atoms with Gasteiger partial charge in [0.15, 0.2) is 5.75 Å². The minimum atomic E-state index is 0.0215. The lowest BCUT2D eigenvalue weighted by Gasteiger charge is -2.31. The van der Waals surface area contributed by atoms with Crippen LogP contribution in [0, 0.1) is 0 Å². The Morgan fingerprint density at radius 3 is 2.47 bits per heavy atom. The van der Waals surface area contributed by atoms with Gasteiger partial charge in [-0.05, 0) is 33.7 Å². The van der Waals surface area contributed by atoms with Crippen LogP contribution in [0.2, 0.25) is 0 Å². The minimum Gasteiger partial charge on any atom is -0.493 e. The Balaban J connectivity index is 3.07. The Morgan fingerprint density at radius 1 is 1.37 bits per heavy atom. The highest BCUT2D eigenvalue weighted by Crippen LogP contribution is 2.36. The minimum absolute atomic E-state index is 0.0215. The van der Waals surface area contributed by atoms with Crippen molar-refractivity contribution in [2.75, 3.05) is 13.7 Å². The number of ether oxygens (including phenoxy) is 1. The van der Waals surface area contributed by atoms with Crippen molar-refractivity contribution >= 4 is 0 Å². The monoisotopic (exact) mass is 267 g/mol. The van der Waals surface area contributed by atoms with E-state index in [1.54, 1.807) is 7.11 Å². The maximum absolute atomic E-state index is 5.50. The van der Waals surface area contributed by atoms with Crippen LogP contribution in [0.5, 0.6) is 5.75 Å².